The van der Waals surface area contributed by atoms with Crippen LogP contribution in [0.3, 0.4) is 0 Å². The van der Waals surface area contributed by atoms with Crippen molar-refractivity contribution in [2.45, 2.75) is 88.2 Å². The molecule has 3 heterocycles. The number of piperidine rings is 1. The molecule has 5 aliphatic rings. The Morgan fingerprint density at radius 1 is 0.833 bits per heavy atom. The average Bonchev–Trinajstić information content (AvgIpc) is 3.56. The Morgan fingerprint density at radius 3 is 2.14 bits per heavy atom. The number of carbonyl (C=O) groups is 2. The standard InChI is InChI=1S/C29H42N4O3/c34-26(31-16-18-32(19-17-31)27(35)29(36)14-15-29)23-8-6-22(7-9-23)24-10-11-25-28(21-30-33(25)20-24)12-4-2-1-3-5-13-28/h6-9,24-25,30,36H,1-5,10-21H2. The van der Waals surface area contributed by atoms with E-state index in [1.54, 1.807) is 4.90 Å². The van der Waals surface area contributed by atoms with Gasteiger partial charge in [0, 0.05) is 56.3 Å². The summed E-state index contributed by atoms with van der Waals surface area (Å²) in [5.41, 5.74) is 5.20. The van der Waals surface area contributed by atoms with E-state index < -0.39 is 5.60 Å². The number of hydrazine groups is 1. The largest absolute Gasteiger partial charge is 0.380 e. The molecule has 2 N–H and O–H groups in total. The average molecular weight is 495 g/mol. The molecule has 0 radical (unpaired) electrons. The number of aliphatic hydroxyl groups is 1. The second kappa shape index (κ2) is 9.73. The third kappa shape index (κ3) is 4.59. The Labute approximate surface area is 215 Å². The summed E-state index contributed by atoms with van der Waals surface area (Å²) in [6, 6.07) is 8.97. The number of piperazine rings is 1. The van der Waals surface area contributed by atoms with Crippen LogP contribution in [0.25, 0.3) is 0 Å². The molecule has 3 saturated heterocycles. The van der Waals surface area contributed by atoms with Gasteiger partial charge in [0.1, 0.15) is 5.60 Å². The van der Waals surface area contributed by atoms with Crippen molar-refractivity contribution in [3.63, 3.8) is 0 Å². The maximum Gasteiger partial charge on any atom is 0.254 e. The lowest BCUT2D eigenvalue weighted by molar-refractivity contribution is -0.143. The summed E-state index contributed by atoms with van der Waals surface area (Å²) in [6.45, 7) is 4.25. The molecule has 2 unspecified atom stereocenters. The number of nitrogens with zero attached hydrogens (tertiary/aromatic N) is 3. The van der Waals surface area contributed by atoms with Gasteiger partial charge in [0.05, 0.1) is 0 Å². The Morgan fingerprint density at radius 2 is 1.47 bits per heavy atom. The fourth-order valence-corrected chi connectivity index (χ4v) is 7.37. The predicted octanol–water partition coefficient (Wildman–Crippen LogP) is 3.29. The van der Waals surface area contributed by atoms with Crippen LogP contribution in [0.1, 0.15) is 92.5 Å². The molecule has 0 bridgehead atoms. The number of hydrogen-bond donors (Lipinski definition) is 2. The Hall–Kier alpha value is -1.96. The molecular weight excluding hydrogens is 452 g/mol. The van der Waals surface area contributed by atoms with Gasteiger partial charge in [-0.3, -0.25) is 15.0 Å². The lowest BCUT2D eigenvalue weighted by atomic mass is 9.69. The van der Waals surface area contributed by atoms with E-state index in [0.29, 0.717) is 56.4 Å². The molecule has 3 aliphatic heterocycles. The number of hydrogen-bond acceptors (Lipinski definition) is 5. The molecule has 36 heavy (non-hydrogen) atoms. The third-order valence-electron chi connectivity index (χ3n) is 9.88. The van der Waals surface area contributed by atoms with Crippen molar-refractivity contribution in [1.82, 2.24) is 20.2 Å². The molecule has 196 valence electrons. The summed E-state index contributed by atoms with van der Waals surface area (Å²) in [6.07, 6.45) is 13.4. The summed E-state index contributed by atoms with van der Waals surface area (Å²) in [7, 11) is 0. The minimum absolute atomic E-state index is 0.0370. The van der Waals surface area contributed by atoms with Gasteiger partial charge in [0.15, 0.2) is 0 Å². The van der Waals surface area contributed by atoms with Gasteiger partial charge in [0.25, 0.3) is 11.8 Å². The molecular formula is C29H42N4O3. The first kappa shape index (κ1) is 24.4. The minimum atomic E-state index is -1.12. The summed E-state index contributed by atoms with van der Waals surface area (Å²) >= 11 is 0. The number of benzene rings is 1. The van der Waals surface area contributed by atoms with Crippen molar-refractivity contribution in [2.75, 3.05) is 39.3 Å². The highest BCUT2D eigenvalue weighted by Crippen LogP contribution is 2.47. The third-order valence-corrected chi connectivity index (χ3v) is 9.88. The number of nitrogens with one attached hydrogen (secondary N) is 1. The first-order valence-corrected chi connectivity index (χ1v) is 14.4. The van der Waals surface area contributed by atoms with Gasteiger partial charge in [0.2, 0.25) is 0 Å². The molecule has 6 rings (SSSR count). The summed E-state index contributed by atoms with van der Waals surface area (Å²) in [4.78, 5) is 29.0. The quantitative estimate of drug-likeness (QED) is 0.675. The molecule has 2 aliphatic carbocycles. The first-order chi connectivity index (χ1) is 17.5. The zero-order chi connectivity index (χ0) is 24.8. The highest BCUT2D eigenvalue weighted by atomic mass is 16.3. The Kier molecular flexibility index (Phi) is 6.59. The molecule has 2 amide bonds. The number of amides is 2. The monoisotopic (exact) mass is 494 g/mol. The van der Waals surface area contributed by atoms with Crippen molar-refractivity contribution in [3.05, 3.63) is 35.4 Å². The van der Waals surface area contributed by atoms with Crippen molar-refractivity contribution in [2.24, 2.45) is 5.41 Å². The van der Waals surface area contributed by atoms with Gasteiger partial charge < -0.3 is 14.9 Å². The number of carbonyl (C=O) groups excluding carboxylic acids is 2. The molecule has 0 aromatic heterocycles. The van der Waals surface area contributed by atoms with Gasteiger partial charge in [-0.1, -0.05) is 44.2 Å². The Bertz CT molecular complexity index is 959. The van der Waals surface area contributed by atoms with Crippen LogP contribution in [0.15, 0.2) is 24.3 Å². The van der Waals surface area contributed by atoms with E-state index >= 15 is 0 Å². The SMILES string of the molecule is O=C(c1ccc(C2CCC3N(C2)NCC32CCCCCCC2)cc1)N1CCN(C(=O)C2(O)CC2)CC1. The van der Waals surface area contributed by atoms with Crippen LogP contribution in [0.4, 0.5) is 0 Å². The van der Waals surface area contributed by atoms with Gasteiger partial charge in [-0.25, -0.2) is 5.01 Å². The van der Waals surface area contributed by atoms with Crippen molar-refractivity contribution in [3.8, 4) is 0 Å². The number of rotatable bonds is 3. The zero-order valence-corrected chi connectivity index (χ0v) is 21.6. The first-order valence-electron chi connectivity index (χ1n) is 14.4. The predicted molar refractivity (Wildman–Crippen MR) is 138 cm³/mol. The molecule has 7 nitrogen and oxygen atoms in total. The topological polar surface area (TPSA) is 76.1 Å². The fraction of sp³-hybridized carbons (Fsp3) is 0.724. The molecule has 1 spiro atoms. The summed E-state index contributed by atoms with van der Waals surface area (Å²) < 4.78 is 0. The van der Waals surface area contributed by atoms with E-state index in [2.05, 4.69) is 22.6 Å². The van der Waals surface area contributed by atoms with Crippen LogP contribution in [0, 0.1) is 5.41 Å². The van der Waals surface area contributed by atoms with Crippen LogP contribution in [-0.2, 0) is 4.79 Å². The van der Waals surface area contributed by atoms with Gasteiger partial charge in [-0.15, -0.1) is 0 Å². The van der Waals surface area contributed by atoms with E-state index in [1.807, 2.05) is 17.0 Å². The molecule has 1 aromatic carbocycles. The minimum Gasteiger partial charge on any atom is -0.380 e. The van der Waals surface area contributed by atoms with Crippen LogP contribution in [0.2, 0.25) is 0 Å². The van der Waals surface area contributed by atoms with Crippen LogP contribution < -0.4 is 5.43 Å². The van der Waals surface area contributed by atoms with Gasteiger partial charge in [-0.2, -0.15) is 0 Å². The van der Waals surface area contributed by atoms with Crippen molar-refractivity contribution >= 4 is 11.8 Å². The Balaban J connectivity index is 1.04. The molecule has 7 heteroatoms. The maximum absolute atomic E-state index is 13.1. The molecule has 1 aromatic rings. The van der Waals surface area contributed by atoms with E-state index in [-0.39, 0.29) is 11.8 Å². The normalized spacial score (nSPS) is 29.9. The van der Waals surface area contributed by atoms with E-state index in [1.165, 1.54) is 63.4 Å². The van der Waals surface area contributed by atoms with E-state index in [9.17, 15) is 14.7 Å². The lowest BCUT2D eigenvalue weighted by Crippen LogP contribution is -2.53. The zero-order valence-electron chi connectivity index (χ0n) is 21.6. The summed E-state index contributed by atoms with van der Waals surface area (Å²) in [5, 5.41) is 12.7. The lowest BCUT2D eigenvalue weighted by Gasteiger charge is -2.43. The molecule has 5 fully saturated rings. The highest BCUT2D eigenvalue weighted by molar-refractivity contribution is 5.94. The second-order valence-corrected chi connectivity index (χ2v) is 12.1. The smallest absolute Gasteiger partial charge is 0.254 e. The number of fused-ring (bicyclic) bond motifs is 2. The second-order valence-electron chi connectivity index (χ2n) is 12.1. The fourth-order valence-electron chi connectivity index (χ4n) is 7.37. The molecule has 2 saturated carbocycles. The van der Waals surface area contributed by atoms with E-state index in [0.717, 1.165) is 18.7 Å². The van der Waals surface area contributed by atoms with Gasteiger partial charge in [-0.05, 0) is 62.1 Å². The van der Waals surface area contributed by atoms with Crippen molar-refractivity contribution < 1.29 is 14.7 Å². The van der Waals surface area contributed by atoms with Gasteiger partial charge >= 0.3 is 0 Å². The van der Waals surface area contributed by atoms with Crippen LogP contribution in [-0.4, -0.2) is 82.6 Å². The summed E-state index contributed by atoms with van der Waals surface area (Å²) in [5.74, 6) is 0.376. The van der Waals surface area contributed by atoms with Crippen molar-refractivity contribution in [1.29, 1.82) is 0 Å². The van der Waals surface area contributed by atoms with Crippen LogP contribution >= 0.6 is 0 Å². The maximum atomic E-state index is 13.1. The highest BCUT2D eigenvalue weighted by Gasteiger charge is 2.51. The van der Waals surface area contributed by atoms with E-state index in [4.69, 9.17) is 0 Å². The molecule has 2 atom stereocenters. The van der Waals surface area contributed by atoms with Crippen LogP contribution in [0.5, 0.6) is 0 Å².